The maximum absolute atomic E-state index is 13.0. The molecule has 0 bridgehead atoms. The summed E-state index contributed by atoms with van der Waals surface area (Å²) in [5.41, 5.74) is 3.73. The molecule has 4 heterocycles. The van der Waals surface area contributed by atoms with E-state index in [0.29, 0.717) is 11.4 Å². The predicted octanol–water partition coefficient (Wildman–Crippen LogP) is 4.23. The molecule has 7 nitrogen and oxygen atoms in total. The predicted molar refractivity (Wildman–Crippen MR) is 135 cm³/mol. The minimum Gasteiger partial charge on any atom is -0.369 e. The van der Waals surface area contributed by atoms with Crippen LogP contribution in [0.25, 0.3) is 22.0 Å². The molecule has 0 saturated carbocycles. The van der Waals surface area contributed by atoms with Crippen molar-refractivity contribution < 1.29 is 4.79 Å². The number of rotatable bonds is 8. The van der Waals surface area contributed by atoms with E-state index in [9.17, 15) is 4.79 Å². The lowest BCUT2D eigenvalue weighted by Crippen LogP contribution is -2.21. The van der Waals surface area contributed by atoms with Crippen LogP contribution in [0.5, 0.6) is 0 Å². The van der Waals surface area contributed by atoms with Gasteiger partial charge in [0.05, 0.1) is 18.3 Å². The van der Waals surface area contributed by atoms with E-state index in [1.807, 2.05) is 38.6 Å². The number of hydrogen-bond acceptors (Lipinski definition) is 6. The molecule has 5 rings (SSSR count). The number of aromatic nitrogens is 4. The van der Waals surface area contributed by atoms with Gasteiger partial charge in [-0.15, -0.1) is 0 Å². The van der Waals surface area contributed by atoms with Crippen molar-refractivity contribution in [2.75, 3.05) is 32.5 Å². The standard InChI is InChI=1S/C27H30N6O/c1-32(2)12-10-29-26-15-20(8-9-28-26)25(34)16-23-14-22-13-19(6-7-21(22)17-30-23)24-18-31-27-5-3-4-11-33(24)27/h6-9,13-15,17-18H,3-5,10-12,16H2,1-2H3,(H,28,29). The topological polar surface area (TPSA) is 75.9 Å². The first-order valence-corrected chi connectivity index (χ1v) is 11.9. The number of nitrogens with zero attached hydrogens (tertiary/aromatic N) is 5. The Kier molecular flexibility index (Phi) is 6.36. The molecule has 1 aromatic carbocycles. The van der Waals surface area contributed by atoms with Crippen molar-refractivity contribution in [2.45, 2.75) is 32.2 Å². The molecule has 0 aliphatic carbocycles. The van der Waals surface area contributed by atoms with Crippen LogP contribution in [-0.4, -0.2) is 57.4 Å². The monoisotopic (exact) mass is 454 g/mol. The Morgan fingerprint density at radius 2 is 1.94 bits per heavy atom. The van der Waals surface area contributed by atoms with Crippen molar-refractivity contribution >= 4 is 22.4 Å². The van der Waals surface area contributed by atoms with Gasteiger partial charge >= 0.3 is 0 Å². The van der Waals surface area contributed by atoms with Gasteiger partial charge in [0.1, 0.15) is 11.6 Å². The van der Waals surface area contributed by atoms with Crippen molar-refractivity contribution in [3.63, 3.8) is 0 Å². The van der Waals surface area contributed by atoms with Gasteiger partial charge in [-0.1, -0.05) is 12.1 Å². The molecule has 1 aliphatic rings. The van der Waals surface area contributed by atoms with Gasteiger partial charge in [-0.3, -0.25) is 9.78 Å². The highest BCUT2D eigenvalue weighted by atomic mass is 16.1. The van der Waals surface area contributed by atoms with E-state index in [-0.39, 0.29) is 12.2 Å². The Labute approximate surface area is 199 Å². The van der Waals surface area contributed by atoms with E-state index < -0.39 is 0 Å². The average molecular weight is 455 g/mol. The quantitative estimate of drug-likeness (QED) is 0.402. The highest BCUT2D eigenvalue weighted by Crippen LogP contribution is 2.28. The Hall–Kier alpha value is -3.58. The minimum atomic E-state index is 0.0333. The fourth-order valence-corrected chi connectivity index (χ4v) is 4.46. The molecule has 1 aliphatic heterocycles. The molecule has 0 spiro atoms. The molecular weight excluding hydrogens is 424 g/mol. The van der Waals surface area contributed by atoms with Crippen LogP contribution in [0.1, 0.15) is 34.7 Å². The second-order valence-electron chi connectivity index (χ2n) is 9.17. The summed E-state index contributed by atoms with van der Waals surface area (Å²) in [5, 5.41) is 5.42. The van der Waals surface area contributed by atoms with Gasteiger partial charge in [0, 0.05) is 60.7 Å². The third-order valence-corrected chi connectivity index (χ3v) is 6.33. The molecule has 0 amide bonds. The van der Waals surface area contributed by atoms with E-state index in [1.54, 1.807) is 12.3 Å². The number of aryl methyl sites for hydroxylation is 1. The Bertz CT molecular complexity index is 1330. The number of ketones is 1. The summed E-state index contributed by atoms with van der Waals surface area (Å²) >= 11 is 0. The smallest absolute Gasteiger partial charge is 0.169 e. The second-order valence-corrected chi connectivity index (χ2v) is 9.17. The molecule has 4 aromatic rings. The highest BCUT2D eigenvalue weighted by molar-refractivity contribution is 5.98. The number of hydrogen-bond donors (Lipinski definition) is 1. The van der Waals surface area contributed by atoms with Crippen LogP contribution in [0.15, 0.2) is 55.0 Å². The van der Waals surface area contributed by atoms with Crippen molar-refractivity contribution in [3.05, 3.63) is 72.1 Å². The molecule has 0 radical (unpaired) electrons. The number of benzene rings is 1. The minimum absolute atomic E-state index is 0.0333. The molecule has 34 heavy (non-hydrogen) atoms. The molecule has 0 unspecified atom stereocenters. The van der Waals surface area contributed by atoms with Gasteiger partial charge in [0.15, 0.2) is 5.78 Å². The summed E-state index contributed by atoms with van der Waals surface area (Å²) in [7, 11) is 4.05. The molecular formula is C27H30N6O. The lowest BCUT2D eigenvalue weighted by Gasteiger charge is -2.16. The molecule has 0 fully saturated rings. The largest absolute Gasteiger partial charge is 0.369 e. The number of nitrogens with one attached hydrogen (secondary N) is 1. The Morgan fingerprint density at radius 1 is 1.03 bits per heavy atom. The highest BCUT2D eigenvalue weighted by Gasteiger charge is 2.16. The van der Waals surface area contributed by atoms with E-state index in [2.05, 4.69) is 47.9 Å². The lowest BCUT2D eigenvalue weighted by atomic mass is 10.0. The summed E-state index contributed by atoms with van der Waals surface area (Å²) in [6.45, 7) is 2.69. The van der Waals surface area contributed by atoms with Crippen LogP contribution in [-0.2, 0) is 19.4 Å². The maximum atomic E-state index is 13.0. The first-order valence-electron chi connectivity index (χ1n) is 11.9. The SMILES string of the molecule is CN(C)CCNc1cc(C(=O)Cc2cc3cc(-c4cnc5n4CCCC5)ccc3cn2)ccn1. The summed E-state index contributed by atoms with van der Waals surface area (Å²) in [5.74, 6) is 1.93. The van der Waals surface area contributed by atoms with Crippen molar-refractivity contribution in [1.29, 1.82) is 0 Å². The molecule has 0 saturated heterocycles. The average Bonchev–Trinajstić information content (AvgIpc) is 3.28. The van der Waals surface area contributed by atoms with Gasteiger partial charge in [0.2, 0.25) is 0 Å². The lowest BCUT2D eigenvalue weighted by molar-refractivity contribution is 0.0992. The van der Waals surface area contributed by atoms with Gasteiger partial charge in [-0.05, 0) is 56.6 Å². The van der Waals surface area contributed by atoms with Crippen molar-refractivity contribution in [2.24, 2.45) is 0 Å². The van der Waals surface area contributed by atoms with Gasteiger partial charge in [-0.25, -0.2) is 9.97 Å². The van der Waals surface area contributed by atoms with Gasteiger partial charge in [0.25, 0.3) is 0 Å². The number of carbonyl (C=O) groups excluding carboxylic acids is 1. The number of carbonyl (C=O) groups is 1. The van der Waals surface area contributed by atoms with E-state index in [1.165, 1.54) is 18.7 Å². The molecule has 174 valence electrons. The number of imidazole rings is 1. The normalized spacial score (nSPS) is 13.3. The fourth-order valence-electron chi connectivity index (χ4n) is 4.46. The number of anilines is 1. The zero-order chi connectivity index (χ0) is 23.5. The molecule has 0 atom stereocenters. The summed E-state index contributed by atoms with van der Waals surface area (Å²) < 4.78 is 2.34. The Balaban J connectivity index is 1.34. The van der Waals surface area contributed by atoms with Crippen LogP contribution in [0.2, 0.25) is 0 Å². The van der Waals surface area contributed by atoms with Crippen LogP contribution in [0.4, 0.5) is 5.82 Å². The second kappa shape index (κ2) is 9.73. The van der Waals surface area contributed by atoms with Crippen LogP contribution in [0.3, 0.4) is 0 Å². The van der Waals surface area contributed by atoms with E-state index in [4.69, 9.17) is 0 Å². The Morgan fingerprint density at radius 3 is 2.82 bits per heavy atom. The zero-order valence-electron chi connectivity index (χ0n) is 19.8. The fraction of sp³-hybridized carbons (Fsp3) is 0.333. The number of Topliss-reactive ketones (excluding diaryl/α,β-unsaturated/α-hetero) is 1. The number of likely N-dealkylation sites (N-methyl/N-ethyl adjacent to an activating group) is 1. The number of fused-ring (bicyclic) bond motifs is 2. The van der Waals surface area contributed by atoms with Gasteiger partial charge < -0.3 is 14.8 Å². The van der Waals surface area contributed by atoms with Crippen molar-refractivity contribution in [3.8, 4) is 11.3 Å². The summed E-state index contributed by atoms with van der Waals surface area (Å²) in [4.78, 5) is 28.6. The van der Waals surface area contributed by atoms with Crippen LogP contribution < -0.4 is 5.32 Å². The zero-order valence-corrected chi connectivity index (χ0v) is 19.8. The third-order valence-electron chi connectivity index (χ3n) is 6.33. The summed E-state index contributed by atoms with van der Waals surface area (Å²) in [6.07, 6.45) is 9.23. The number of pyridine rings is 2. The van der Waals surface area contributed by atoms with Crippen LogP contribution >= 0.6 is 0 Å². The van der Waals surface area contributed by atoms with E-state index >= 15 is 0 Å². The third kappa shape index (κ3) is 4.84. The molecule has 7 heteroatoms. The van der Waals surface area contributed by atoms with Crippen LogP contribution in [0, 0.1) is 0 Å². The van der Waals surface area contributed by atoms with Crippen molar-refractivity contribution in [1.82, 2.24) is 24.4 Å². The van der Waals surface area contributed by atoms with Gasteiger partial charge in [-0.2, -0.15) is 0 Å². The van der Waals surface area contributed by atoms with E-state index in [0.717, 1.165) is 53.8 Å². The molecule has 3 aromatic heterocycles. The first kappa shape index (κ1) is 22.2. The first-order chi connectivity index (χ1) is 16.6. The summed E-state index contributed by atoms with van der Waals surface area (Å²) in [6, 6.07) is 12.0. The molecule has 1 N–H and O–H groups in total. The maximum Gasteiger partial charge on any atom is 0.169 e.